The minimum Gasteiger partial charge on any atom is -0.579 e. The van der Waals surface area contributed by atoms with Crippen LogP contribution in [0, 0.1) is 0 Å². The van der Waals surface area contributed by atoms with Gasteiger partial charge >= 0.3 is 0 Å². The van der Waals surface area contributed by atoms with Crippen LogP contribution in [0.4, 0.5) is 0 Å². The molecule has 0 aromatic carbocycles. The Balaban J connectivity index is 1.66. The third-order valence-corrected chi connectivity index (χ3v) is 3.86. The fraction of sp³-hybridized carbons (Fsp3) is 0.357. The van der Waals surface area contributed by atoms with Crippen molar-refractivity contribution in [2.24, 2.45) is 0 Å². The number of piperidine rings is 1. The maximum absolute atomic E-state index is 4.51. The predicted molar refractivity (Wildman–Crippen MR) is 75.2 cm³/mol. The quantitative estimate of drug-likeness (QED) is 0.759. The molecule has 1 aliphatic rings. The highest BCUT2D eigenvalue weighted by molar-refractivity contribution is 5.79. The summed E-state index contributed by atoms with van der Waals surface area (Å²) in [5.41, 5.74) is 3.79. The summed E-state index contributed by atoms with van der Waals surface area (Å²) in [4.78, 5) is 4.37. The minimum atomic E-state index is 0.500. The van der Waals surface area contributed by atoms with E-state index in [4.69, 9.17) is 0 Å². The molecule has 0 aliphatic carbocycles. The van der Waals surface area contributed by atoms with Crippen molar-refractivity contribution in [1.29, 1.82) is 0 Å². The summed E-state index contributed by atoms with van der Waals surface area (Å²) in [5, 5.41) is 15.8. The Bertz CT molecular complexity index is 722. The largest absolute Gasteiger partial charge is 0.579 e. The van der Waals surface area contributed by atoms with Gasteiger partial charge in [-0.1, -0.05) is 0 Å². The van der Waals surface area contributed by atoms with Crippen LogP contribution in [0.15, 0.2) is 30.9 Å². The van der Waals surface area contributed by atoms with Gasteiger partial charge in [0.15, 0.2) is 0 Å². The number of rotatable bonds is 2. The van der Waals surface area contributed by atoms with Crippen molar-refractivity contribution in [3.05, 3.63) is 30.9 Å². The molecule has 6 heteroatoms. The Hall–Kier alpha value is -2.21. The zero-order valence-electron chi connectivity index (χ0n) is 11.0. The van der Waals surface area contributed by atoms with Gasteiger partial charge in [-0.05, 0) is 32.0 Å². The third kappa shape index (κ3) is 1.98. The van der Waals surface area contributed by atoms with Crippen molar-refractivity contribution in [3.8, 4) is 11.1 Å². The van der Waals surface area contributed by atoms with Crippen LogP contribution in [0.2, 0.25) is 0 Å². The number of hydrogen-bond donors (Lipinski definition) is 1. The summed E-state index contributed by atoms with van der Waals surface area (Å²) in [7, 11) is 0. The number of pyridine rings is 1. The Morgan fingerprint density at radius 3 is 2.95 bits per heavy atom. The molecule has 1 aliphatic heterocycles. The summed E-state index contributed by atoms with van der Waals surface area (Å²) >= 11 is 0. The fourth-order valence-corrected chi connectivity index (χ4v) is 2.70. The highest BCUT2D eigenvalue weighted by Gasteiger charge is 2.16. The van der Waals surface area contributed by atoms with Gasteiger partial charge in [-0.25, -0.2) is 0 Å². The molecule has 0 saturated carbocycles. The van der Waals surface area contributed by atoms with Crippen molar-refractivity contribution < 1.29 is 0 Å². The highest BCUT2D eigenvalue weighted by Crippen LogP contribution is 2.24. The third-order valence-electron chi connectivity index (χ3n) is 3.86. The Morgan fingerprint density at radius 1 is 1.15 bits per heavy atom. The second kappa shape index (κ2) is 4.72. The van der Waals surface area contributed by atoms with E-state index in [9.17, 15) is 0 Å². The average molecular weight is 267 g/mol. The molecule has 4 heterocycles. The van der Waals surface area contributed by atoms with Crippen LogP contribution in [0.5, 0.6) is 0 Å². The molecule has 0 bridgehead atoms. The molecule has 6 nitrogen and oxygen atoms in total. The SMILES string of the molecule is c1nc2c[n-]nc2cc1-c1cnn(C2CCNCC2)c1. The Labute approximate surface area is 116 Å². The van der Waals surface area contributed by atoms with E-state index >= 15 is 0 Å². The number of aromatic nitrogens is 5. The van der Waals surface area contributed by atoms with Crippen LogP contribution in [-0.4, -0.2) is 33.0 Å². The van der Waals surface area contributed by atoms with Crippen molar-refractivity contribution >= 4 is 11.0 Å². The maximum atomic E-state index is 4.51. The summed E-state index contributed by atoms with van der Waals surface area (Å²) in [6, 6.07) is 2.51. The van der Waals surface area contributed by atoms with Gasteiger partial charge in [0, 0.05) is 23.5 Å². The molecule has 0 unspecified atom stereocenters. The van der Waals surface area contributed by atoms with E-state index in [1.54, 1.807) is 6.20 Å². The molecule has 1 N–H and O–H groups in total. The lowest BCUT2D eigenvalue weighted by atomic mass is 10.1. The summed E-state index contributed by atoms with van der Waals surface area (Å²) in [6.07, 6.45) is 9.81. The highest BCUT2D eigenvalue weighted by atomic mass is 15.3. The zero-order valence-corrected chi connectivity index (χ0v) is 11.0. The van der Waals surface area contributed by atoms with Gasteiger partial charge in [-0.15, -0.1) is 6.20 Å². The van der Waals surface area contributed by atoms with Gasteiger partial charge in [-0.3, -0.25) is 9.67 Å². The lowest BCUT2D eigenvalue weighted by Gasteiger charge is -2.22. The average Bonchev–Trinajstić information content (AvgIpc) is 3.16. The number of nitrogens with one attached hydrogen (secondary N) is 1. The molecule has 0 amide bonds. The molecule has 102 valence electrons. The van der Waals surface area contributed by atoms with Gasteiger partial charge in [0.1, 0.15) is 0 Å². The smallest absolute Gasteiger partial charge is 0.0661 e. The standard InChI is InChI=1S/C14H15N6/c1-3-15-4-2-12(1)20-9-11(7-18-20)10-5-13-14(16-6-10)8-17-19-13/h5-9,12,15H,1-4H2/q-1. The summed E-state index contributed by atoms with van der Waals surface area (Å²) in [6.45, 7) is 2.13. The lowest BCUT2D eigenvalue weighted by Crippen LogP contribution is -2.29. The second-order valence-corrected chi connectivity index (χ2v) is 5.16. The van der Waals surface area contributed by atoms with Crippen molar-refractivity contribution in [2.45, 2.75) is 18.9 Å². The van der Waals surface area contributed by atoms with Crippen LogP contribution in [0.3, 0.4) is 0 Å². The molecule has 4 rings (SSSR count). The first-order valence-corrected chi connectivity index (χ1v) is 6.89. The first-order chi connectivity index (χ1) is 9.90. The van der Waals surface area contributed by atoms with E-state index in [2.05, 4.69) is 36.5 Å². The topological polar surface area (TPSA) is 69.7 Å². The van der Waals surface area contributed by atoms with Crippen molar-refractivity contribution in [2.75, 3.05) is 13.1 Å². The first-order valence-electron chi connectivity index (χ1n) is 6.89. The van der Waals surface area contributed by atoms with Crippen LogP contribution >= 0.6 is 0 Å². The monoisotopic (exact) mass is 267 g/mol. The Morgan fingerprint density at radius 2 is 2.05 bits per heavy atom. The van der Waals surface area contributed by atoms with Gasteiger partial charge in [0.05, 0.1) is 23.3 Å². The zero-order chi connectivity index (χ0) is 13.4. The van der Waals surface area contributed by atoms with E-state index in [1.165, 1.54) is 0 Å². The molecular formula is C14H15N6-. The van der Waals surface area contributed by atoms with E-state index in [0.29, 0.717) is 6.04 Å². The van der Waals surface area contributed by atoms with E-state index in [0.717, 1.165) is 48.1 Å². The molecule has 20 heavy (non-hydrogen) atoms. The van der Waals surface area contributed by atoms with Gasteiger partial charge in [0.2, 0.25) is 0 Å². The number of nitrogens with zero attached hydrogens (tertiary/aromatic N) is 5. The van der Waals surface area contributed by atoms with Crippen LogP contribution < -0.4 is 10.4 Å². The first kappa shape index (κ1) is 11.6. The number of hydrogen-bond acceptors (Lipinski definition) is 4. The van der Waals surface area contributed by atoms with Crippen LogP contribution in [0.25, 0.3) is 22.2 Å². The van der Waals surface area contributed by atoms with Crippen molar-refractivity contribution in [3.63, 3.8) is 0 Å². The summed E-state index contributed by atoms with van der Waals surface area (Å²) in [5.74, 6) is 0. The van der Waals surface area contributed by atoms with Gasteiger partial charge in [0.25, 0.3) is 0 Å². The van der Waals surface area contributed by atoms with E-state index in [-0.39, 0.29) is 0 Å². The Kier molecular flexibility index (Phi) is 2.74. The molecule has 0 radical (unpaired) electrons. The molecular weight excluding hydrogens is 252 g/mol. The van der Waals surface area contributed by atoms with E-state index < -0.39 is 0 Å². The van der Waals surface area contributed by atoms with Crippen molar-refractivity contribution in [1.82, 2.24) is 30.3 Å². The number of fused-ring (bicyclic) bond motifs is 1. The summed E-state index contributed by atoms with van der Waals surface area (Å²) < 4.78 is 2.08. The van der Waals surface area contributed by atoms with Gasteiger partial charge in [-0.2, -0.15) is 5.10 Å². The molecule has 3 aromatic rings. The minimum absolute atomic E-state index is 0.500. The molecule has 0 atom stereocenters. The maximum Gasteiger partial charge on any atom is 0.0661 e. The molecule has 0 spiro atoms. The van der Waals surface area contributed by atoms with Crippen LogP contribution in [-0.2, 0) is 0 Å². The lowest BCUT2D eigenvalue weighted by molar-refractivity contribution is 0.343. The normalized spacial score (nSPS) is 16.8. The molecule has 1 saturated heterocycles. The molecule has 1 fully saturated rings. The predicted octanol–water partition coefficient (Wildman–Crippen LogP) is 1.37. The van der Waals surface area contributed by atoms with E-state index in [1.807, 2.05) is 18.5 Å². The second-order valence-electron chi connectivity index (χ2n) is 5.16. The van der Waals surface area contributed by atoms with Crippen LogP contribution in [0.1, 0.15) is 18.9 Å². The van der Waals surface area contributed by atoms with Gasteiger partial charge < -0.3 is 15.5 Å². The fourth-order valence-electron chi connectivity index (χ4n) is 2.70. The molecule has 3 aromatic heterocycles.